The number of allylic oxidation sites excluding steroid dienone is 6. The first-order valence-electron chi connectivity index (χ1n) is 19.0. The molecular formula is C45H50Cl2N4O2. The first kappa shape index (κ1) is 38.3. The van der Waals surface area contributed by atoms with Crippen molar-refractivity contribution in [1.82, 2.24) is 19.8 Å². The summed E-state index contributed by atoms with van der Waals surface area (Å²) in [7, 11) is 3.30. The van der Waals surface area contributed by atoms with Crippen molar-refractivity contribution in [2.45, 2.75) is 90.4 Å². The minimum absolute atomic E-state index is 0.453. The summed E-state index contributed by atoms with van der Waals surface area (Å²) in [5.74, 6) is 2.33. The first-order valence-corrected chi connectivity index (χ1v) is 19.8. The molecule has 3 aromatic carbocycles. The van der Waals surface area contributed by atoms with E-state index in [9.17, 15) is 0 Å². The van der Waals surface area contributed by atoms with E-state index in [1.54, 1.807) is 30.9 Å². The van der Waals surface area contributed by atoms with Crippen molar-refractivity contribution < 1.29 is 9.47 Å². The van der Waals surface area contributed by atoms with Crippen molar-refractivity contribution in [3.63, 3.8) is 0 Å². The molecule has 6 rings (SSSR count). The van der Waals surface area contributed by atoms with E-state index >= 15 is 0 Å². The van der Waals surface area contributed by atoms with Gasteiger partial charge in [0.05, 0.1) is 19.2 Å². The molecule has 0 amide bonds. The van der Waals surface area contributed by atoms with Crippen molar-refractivity contribution in [2.24, 2.45) is 0 Å². The minimum Gasteiger partial charge on any atom is -0.497 e. The highest BCUT2D eigenvalue weighted by molar-refractivity contribution is 6.36. The second-order valence-corrected chi connectivity index (χ2v) is 14.8. The second-order valence-electron chi connectivity index (χ2n) is 13.9. The van der Waals surface area contributed by atoms with Gasteiger partial charge in [-0.3, -0.25) is 0 Å². The predicted octanol–water partition coefficient (Wildman–Crippen LogP) is 12.3. The Morgan fingerprint density at radius 1 is 0.811 bits per heavy atom. The van der Waals surface area contributed by atoms with Gasteiger partial charge in [0.15, 0.2) is 11.5 Å². The topological polar surface area (TPSA) is 61.5 Å². The van der Waals surface area contributed by atoms with Crippen LogP contribution < -0.4 is 14.7 Å². The molecule has 0 bridgehead atoms. The van der Waals surface area contributed by atoms with Crippen LogP contribution in [0.1, 0.15) is 102 Å². The average Bonchev–Trinajstić information content (AvgIpc) is 3.74. The molecule has 276 valence electrons. The molecule has 1 aliphatic carbocycles. The van der Waals surface area contributed by atoms with Gasteiger partial charge >= 0.3 is 0 Å². The molecule has 1 atom stereocenters. The van der Waals surface area contributed by atoms with E-state index in [1.807, 2.05) is 24.3 Å². The standard InChI is InChI=1S/C45H50Cl2N4O2/c1-5-6-7-8-9-10-11-12-13-14-17-32-22-23-33(37-19-16-15-18-36(32)37)21-20-31(2)28-40-43(39-30-35(52-3)25-27-42(39)53-4)50-51-44(48-49-45(40)51)38-26-24-34(46)29-41(38)47/h15-16,18-30,32H,5-14,17H2,1-4H3/b31-20+,33-21+,40-28-. The van der Waals surface area contributed by atoms with E-state index in [0.29, 0.717) is 50.2 Å². The SMILES string of the molecule is CCCCCCCCCCCCC1C=C\C(=C/C=C(C)/C=c2/c(-c3cc(OC)ccc3OC)nn3c(-c4ccc(Cl)cc4Cl)nnc23)c2ccccc21. The number of fused-ring (bicyclic) bond motifs is 2. The van der Waals surface area contributed by atoms with Crippen LogP contribution in [-0.4, -0.2) is 34.0 Å². The molecule has 2 aromatic heterocycles. The molecule has 53 heavy (non-hydrogen) atoms. The average molecular weight is 750 g/mol. The summed E-state index contributed by atoms with van der Waals surface area (Å²) in [6.45, 7) is 4.37. The summed E-state index contributed by atoms with van der Waals surface area (Å²) in [6, 6.07) is 19.8. The lowest BCUT2D eigenvalue weighted by Gasteiger charge is -2.22. The van der Waals surface area contributed by atoms with Gasteiger partial charge in [-0.1, -0.05) is 148 Å². The highest BCUT2D eigenvalue weighted by atomic mass is 35.5. The third-order valence-electron chi connectivity index (χ3n) is 10.1. The highest BCUT2D eigenvalue weighted by Crippen LogP contribution is 2.37. The van der Waals surface area contributed by atoms with E-state index in [2.05, 4.69) is 78.7 Å². The molecule has 0 saturated heterocycles. The normalized spacial score (nSPS) is 15.4. The Morgan fingerprint density at radius 2 is 1.57 bits per heavy atom. The van der Waals surface area contributed by atoms with Crippen LogP contribution in [-0.2, 0) is 0 Å². The number of halogens is 2. The Balaban J connectivity index is 1.27. The largest absolute Gasteiger partial charge is 0.497 e. The van der Waals surface area contributed by atoms with Crippen LogP contribution in [0.4, 0.5) is 0 Å². The summed E-state index contributed by atoms with van der Waals surface area (Å²) < 4.78 is 13.1. The van der Waals surface area contributed by atoms with E-state index in [4.69, 9.17) is 37.8 Å². The van der Waals surface area contributed by atoms with Crippen LogP contribution in [0.2, 0.25) is 10.0 Å². The third kappa shape index (κ3) is 9.23. The smallest absolute Gasteiger partial charge is 0.187 e. The summed E-state index contributed by atoms with van der Waals surface area (Å²) >= 11 is 12.8. The zero-order valence-electron chi connectivity index (χ0n) is 31.4. The van der Waals surface area contributed by atoms with Gasteiger partial charge in [-0.2, -0.15) is 9.61 Å². The quantitative estimate of drug-likeness (QED) is 0.0886. The molecule has 0 fully saturated rings. The van der Waals surface area contributed by atoms with Gasteiger partial charge in [0.1, 0.15) is 17.2 Å². The van der Waals surface area contributed by atoms with Crippen molar-refractivity contribution in [2.75, 3.05) is 14.2 Å². The van der Waals surface area contributed by atoms with Crippen LogP contribution in [0.15, 0.2) is 90.5 Å². The first-order chi connectivity index (χ1) is 25.9. The maximum absolute atomic E-state index is 6.62. The van der Waals surface area contributed by atoms with E-state index in [-0.39, 0.29) is 0 Å². The molecule has 0 aliphatic heterocycles. The predicted molar refractivity (Wildman–Crippen MR) is 221 cm³/mol. The van der Waals surface area contributed by atoms with Crippen molar-refractivity contribution >= 4 is 40.5 Å². The van der Waals surface area contributed by atoms with E-state index < -0.39 is 0 Å². The fourth-order valence-corrected chi connectivity index (χ4v) is 7.71. The van der Waals surface area contributed by atoms with Crippen molar-refractivity contribution in [1.29, 1.82) is 0 Å². The molecule has 0 spiro atoms. The van der Waals surface area contributed by atoms with Crippen LogP contribution in [0.3, 0.4) is 0 Å². The Labute approximate surface area is 324 Å². The maximum Gasteiger partial charge on any atom is 0.187 e. The van der Waals surface area contributed by atoms with Gasteiger partial charge in [-0.05, 0) is 72.5 Å². The van der Waals surface area contributed by atoms with Gasteiger partial charge in [0, 0.05) is 27.3 Å². The molecule has 5 aromatic rings. The molecule has 0 N–H and O–H groups in total. The number of rotatable bonds is 17. The van der Waals surface area contributed by atoms with Gasteiger partial charge in [0.2, 0.25) is 0 Å². The Bertz CT molecular complexity index is 2170. The number of methoxy groups -OCH3 is 2. The molecule has 0 radical (unpaired) electrons. The Morgan fingerprint density at radius 3 is 2.30 bits per heavy atom. The summed E-state index contributed by atoms with van der Waals surface area (Å²) in [4.78, 5) is 0. The number of aromatic nitrogens is 4. The highest BCUT2D eigenvalue weighted by Gasteiger charge is 2.22. The number of benzene rings is 3. The Kier molecular flexibility index (Phi) is 13.4. The van der Waals surface area contributed by atoms with Crippen LogP contribution >= 0.6 is 23.2 Å². The zero-order chi connectivity index (χ0) is 37.2. The van der Waals surface area contributed by atoms with Gasteiger partial charge in [0.25, 0.3) is 0 Å². The molecule has 1 aliphatic rings. The minimum atomic E-state index is 0.453. The van der Waals surface area contributed by atoms with Crippen molar-refractivity contribution in [3.8, 4) is 34.1 Å². The molecule has 0 saturated carbocycles. The fourth-order valence-electron chi connectivity index (χ4n) is 7.21. The Hall–Kier alpha value is -4.39. The molecule has 1 unspecified atom stereocenters. The number of unbranched alkanes of at least 4 members (excludes halogenated alkanes) is 9. The number of hydrogen-bond acceptors (Lipinski definition) is 5. The van der Waals surface area contributed by atoms with Crippen LogP contribution in [0.5, 0.6) is 11.5 Å². The third-order valence-corrected chi connectivity index (χ3v) is 10.7. The summed E-state index contributed by atoms with van der Waals surface area (Å²) in [5.41, 5.74) is 7.71. The number of ether oxygens (including phenoxy) is 2. The maximum atomic E-state index is 6.62. The summed E-state index contributed by atoms with van der Waals surface area (Å²) in [6.07, 6.45) is 25.9. The lowest BCUT2D eigenvalue weighted by Crippen LogP contribution is -2.05. The monoisotopic (exact) mass is 748 g/mol. The van der Waals surface area contributed by atoms with E-state index in [1.165, 1.54) is 87.3 Å². The summed E-state index contributed by atoms with van der Waals surface area (Å²) in [5, 5.41) is 16.0. The van der Waals surface area contributed by atoms with Crippen molar-refractivity contribution in [3.05, 3.63) is 117 Å². The van der Waals surface area contributed by atoms with E-state index in [0.717, 1.165) is 16.4 Å². The lowest BCUT2D eigenvalue weighted by atomic mass is 9.82. The van der Waals surface area contributed by atoms with Gasteiger partial charge in [-0.15, -0.1) is 10.2 Å². The van der Waals surface area contributed by atoms with Gasteiger partial charge in [-0.25, -0.2) is 0 Å². The zero-order valence-corrected chi connectivity index (χ0v) is 32.9. The van der Waals surface area contributed by atoms with Gasteiger partial charge < -0.3 is 9.47 Å². The molecule has 2 heterocycles. The van der Waals surface area contributed by atoms with Crippen LogP contribution in [0.25, 0.3) is 39.9 Å². The lowest BCUT2D eigenvalue weighted by molar-refractivity contribution is 0.404. The number of hydrogen-bond donors (Lipinski definition) is 0. The van der Waals surface area contributed by atoms with Crippen LogP contribution in [0, 0.1) is 0 Å². The molecule has 8 heteroatoms. The molecular weight excluding hydrogens is 699 g/mol. The number of nitrogens with zero attached hydrogens (tertiary/aromatic N) is 4. The fraction of sp³-hybridized carbons (Fsp3) is 0.356. The second kappa shape index (κ2) is 18.6. The molecule has 6 nitrogen and oxygen atoms in total.